The number of hydrogen-bond donors (Lipinski definition) is 0. The van der Waals surface area contributed by atoms with Gasteiger partial charge in [0.25, 0.3) is 0 Å². The zero-order chi connectivity index (χ0) is 24.4. The fourth-order valence-corrected chi connectivity index (χ4v) is 4.57. The summed E-state index contributed by atoms with van der Waals surface area (Å²) in [7, 11) is 3.32. The van der Waals surface area contributed by atoms with Gasteiger partial charge in [0, 0.05) is 17.0 Å². The predicted molar refractivity (Wildman–Crippen MR) is 139 cm³/mol. The number of nitrogens with zero attached hydrogens (tertiary/aromatic N) is 1. The fourth-order valence-electron chi connectivity index (χ4n) is 4.57. The van der Waals surface area contributed by atoms with Gasteiger partial charge in [-0.1, -0.05) is 48.5 Å². The van der Waals surface area contributed by atoms with Crippen molar-refractivity contribution in [1.29, 1.82) is 0 Å². The Bertz CT molecular complexity index is 1510. The second kappa shape index (κ2) is 9.59. The number of rotatable bonds is 6. The fraction of sp³-hybridized carbons (Fsp3) is 0.129. The Morgan fingerprint density at radius 3 is 2.14 bits per heavy atom. The molecule has 1 heterocycles. The largest absolute Gasteiger partial charge is 0.493 e. The van der Waals surface area contributed by atoms with E-state index < -0.39 is 0 Å². The number of methoxy groups -OCH3 is 2. The second-order valence-corrected chi connectivity index (χ2v) is 8.42. The van der Waals surface area contributed by atoms with E-state index in [1.54, 1.807) is 26.4 Å². The molecule has 0 aliphatic rings. The van der Waals surface area contributed by atoms with E-state index in [0.29, 0.717) is 11.5 Å². The molecule has 3 nitrogen and oxygen atoms in total. The molecule has 0 aliphatic carbocycles. The summed E-state index contributed by atoms with van der Waals surface area (Å²) >= 11 is 0. The van der Waals surface area contributed by atoms with Gasteiger partial charge in [0.2, 0.25) is 5.69 Å². The Labute approximate surface area is 205 Å². The summed E-state index contributed by atoms with van der Waals surface area (Å²) in [4.78, 5) is 0. The topological polar surface area (TPSA) is 22.3 Å². The van der Waals surface area contributed by atoms with Crippen molar-refractivity contribution in [3.63, 3.8) is 0 Å². The Morgan fingerprint density at radius 2 is 1.43 bits per heavy atom. The smallest absolute Gasteiger partial charge is 0.213 e. The van der Waals surface area contributed by atoms with Crippen LogP contribution in [0.5, 0.6) is 11.5 Å². The molecule has 0 amide bonds. The number of pyridine rings is 1. The minimum absolute atomic E-state index is 0.247. The van der Waals surface area contributed by atoms with Crippen LogP contribution in [0.4, 0.5) is 4.39 Å². The molecule has 174 valence electrons. The quantitative estimate of drug-likeness (QED) is 0.246. The summed E-state index contributed by atoms with van der Waals surface area (Å²) in [5.74, 6) is 1.10. The average molecular weight is 465 g/mol. The molecule has 5 aromatic rings. The van der Waals surface area contributed by atoms with Crippen molar-refractivity contribution in [2.45, 2.75) is 13.5 Å². The highest BCUT2D eigenvalue weighted by Crippen LogP contribution is 2.42. The molecular weight excluding hydrogens is 437 g/mol. The minimum Gasteiger partial charge on any atom is -0.493 e. The van der Waals surface area contributed by atoms with Gasteiger partial charge in [-0.25, -0.2) is 4.39 Å². The van der Waals surface area contributed by atoms with Crippen LogP contribution in [-0.4, -0.2) is 14.2 Å². The lowest BCUT2D eigenvalue weighted by Crippen LogP contribution is -2.34. The van der Waals surface area contributed by atoms with Gasteiger partial charge in [-0.2, -0.15) is 4.57 Å². The molecule has 4 aromatic carbocycles. The van der Waals surface area contributed by atoms with Gasteiger partial charge in [-0.3, -0.25) is 0 Å². The van der Waals surface area contributed by atoms with E-state index in [9.17, 15) is 4.39 Å². The van der Waals surface area contributed by atoms with Crippen molar-refractivity contribution >= 4 is 10.8 Å². The third-order valence-corrected chi connectivity index (χ3v) is 6.36. The summed E-state index contributed by atoms with van der Waals surface area (Å²) in [6.07, 6.45) is 2.19. The molecule has 1 aromatic heterocycles. The minimum atomic E-state index is -0.247. The highest BCUT2D eigenvalue weighted by Gasteiger charge is 2.20. The molecule has 5 rings (SSSR count). The molecular formula is C31H27FNO2+. The number of benzene rings is 4. The average Bonchev–Trinajstić information content (AvgIpc) is 2.91. The zero-order valence-corrected chi connectivity index (χ0v) is 20.1. The van der Waals surface area contributed by atoms with Crippen molar-refractivity contribution in [2.75, 3.05) is 14.2 Å². The van der Waals surface area contributed by atoms with Crippen LogP contribution < -0.4 is 14.0 Å². The first-order valence-electron chi connectivity index (χ1n) is 11.7. The van der Waals surface area contributed by atoms with Crippen LogP contribution >= 0.6 is 0 Å². The standard InChI is InChI=1S/C31H27FNO2/c1-4-33-20-25-9-6-5-8-23(25)18-29(33)26-17-28(31(35-3)30(19-26)34-2)24-11-7-10-22(16-24)21-12-14-27(32)15-13-21/h5-20H,4H2,1-3H3/q+1. The van der Waals surface area contributed by atoms with Crippen LogP contribution in [0.1, 0.15) is 6.92 Å². The van der Waals surface area contributed by atoms with Crippen LogP contribution in [0.3, 0.4) is 0 Å². The Hall–Kier alpha value is -4.18. The highest BCUT2D eigenvalue weighted by atomic mass is 19.1. The maximum Gasteiger partial charge on any atom is 0.213 e. The maximum atomic E-state index is 13.5. The van der Waals surface area contributed by atoms with E-state index >= 15 is 0 Å². The Kier molecular flexibility index (Phi) is 6.19. The summed E-state index contributed by atoms with van der Waals surface area (Å²) < 4.78 is 27.3. The first-order valence-corrected chi connectivity index (χ1v) is 11.7. The highest BCUT2D eigenvalue weighted by molar-refractivity contribution is 5.86. The number of hydrogen-bond acceptors (Lipinski definition) is 2. The third kappa shape index (κ3) is 4.35. The van der Waals surface area contributed by atoms with Gasteiger partial charge >= 0.3 is 0 Å². The summed E-state index contributed by atoms with van der Waals surface area (Å²) in [5, 5.41) is 2.38. The lowest BCUT2D eigenvalue weighted by Gasteiger charge is -2.16. The molecule has 35 heavy (non-hydrogen) atoms. The number of halogens is 1. The molecule has 0 saturated heterocycles. The molecule has 0 bridgehead atoms. The van der Waals surface area contributed by atoms with Gasteiger partial charge in [0.1, 0.15) is 12.4 Å². The summed E-state index contributed by atoms with van der Waals surface area (Å²) in [5.41, 5.74) is 6.02. The van der Waals surface area contributed by atoms with Crippen molar-refractivity contribution in [1.82, 2.24) is 0 Å². The second-order valence-electron chi connectivity index (χ2n) is 8.42. The van der Waals surface area contributed by atoms with Crippen LogP contribution in [0.15, 0.2) is 97.2 Å². The molecule has 0 aliphatic heterocycles. The van der Waals surface area contributed by atoms with Crippen LogP contribution in [0.25, 0.3) is 44.3 Å². The number of fused-ring (bicyclic) bond motifs is 1. The molecule has 0 radical (unpaired) electrons. The zero-order valence-electron chi connectivity index (χ0n) is 20.1. The first kappa shape index (κ1) is 22.6. The summed E-state index contributed by atoms with van der Waals surface area (Å²) in [6.45, 7) is 2.98. The molecule has 0 N–H and O–H groups in total. The normalized spacial score (nSPS) is 11.0. The van der Waals surface area contributed by atoms with Crippen LogP contribution in [0, 0.1) is 5.82 Å². The van der Waals surface area contributed by atoms with Gasteiger partial charge in [0.05, 0.1) is 19.8 Å². The first-order chi connectivity index (χ1) is 17.1. The van der Waals surface area contributed by atoms with Crippen molar-refractivity contribution in [3.8, 4) is 45.0 Å². The van der Waals surface area contributed by atoms with Crippen LogP contribution in [0.2, 0.25) is 0 Å². The van der Waals surface area contributed by atoms with Gasteiger partial charge in [0.15, 0.2) is 17.7 Å². The van der Waals surface area contributed by atoms with E-state index in [2.05, 4.69) is 66.2 Å². The molecule has 4 heteroatoms. The van der Waals surface area contributed by atoms with E-state index in [1.165, 1.54) is 22.9 Å². The lowest BCUT2D eigenvalue weighted by atomic mass is 9.95. The number of aryl methyl sites for hydroxylation is 1. The van der Waals surface area contributed by atoms with Crippen molar-refractivity contribution < 1.29 is 18.4 Å². The molecule has 0 spiro atoms. The number of ether oxygens (including phenoxy) is 2. The molecule has 0 saturated carbocycles. The van der Waals surface area contributed by atoms with Crippen molar-refractivity contribution in [3.05, 3.63) is 103 Å². The predicted octanol–water partition coefficient (Wildman–Crippen LogP) is 7.30. The van der Waals surface area contributed by atoms with Gasteiger partial charge in [-0.15, -0.1) is 0 Å². The van der Waals surface area contributed by atoms with E-state index in [1.807, 2.05) is 18.2 Å². The van der Waals surface area contributed by atoms with E-state index in [0.717, 1.165) is 40.1 Å². The summed E-state index contributed by atoms with van der Waals surface area (Å²) in [6, 6.07) is 29.5. The number of aromatic nitrogens is 1. The molecule has 0 unspecified atom stereocenters. The Balaban J connectivity index is 1.71. The van der Waals surface area contributed by atoms with Crippen LogP contribution in [-0.2, 0) is 6.54 Å². The van der Waals surface area contributed by atoms with Gasteiger partial charge in [-0.05, 0) is 65.4 Å². The molecule has 0 atom stereocenters. The van der Waals surface area contributed by atoms with Gasteiger partial charge < -0.3 is 9.47 Å². The maximum absolute atomic E-state index is 13.5. The SMILES string of the molecule is CC[n+]1cc2ccccc2cc1-c1cc(OC)c(OC)c(-c2cccc(-c3ccc(F)cc3)c2)c1. The third-order valence-electron chi connectivity index (χ3n) is 6.36. The monoisotopic (exact) mass is 464 g/mol. The lowest BCUT2D eigenvalue weighted by molar-refractivity contribution is -0.681. The molecule has 0 fully saturated rings. The van der Waals surface area contributed by atoms with Crippen molar-refractivity contribution in [2.24, 2.45) is 0 Å². The van der Waals surface area contributed by atoms with E-state index in [-0.39, 0.29) is 5.82 Å². The van der Waals surface area contributed by atoms with E-state index in [4.69, 9.17) is 9.47 Å². The Morgan fingerprint density at radius 1 is 0.686 bits per heavy atom.